The summed E-state index contributed by atoms with van der Waals surface area (Å²) in [5.41, 5.74) is 3.15. The second-order valence-electron chi connectivity index (χ2n) is 4.63. The van der Waals surface area contributed by atoms with Gasteiger partial charge in [0.1, 0.15) is 11.6 Å². The highest BCUT2D eigenvalue weighted by Gasteiger charge is 2.22. The molecule has 1 atom stereocenters. The molecule has 0 saturated heterocycles. The zero-order chi connectivity index (χ0) is 12.5. The molecule has 0 heterocycles. The summed E-state index contributed by atoms with van der Waals surface area (Å²) in [4.78, 5) is 0. The van der Waals surface area contributed by atoms with Crippen molar-refractivity contribution >= 4 is 5.69 Å². The molecule has 3 rings (SSSR count). The second-order valence-corrected chi connectivity index (χ2v) is 4.63. The van der Waals surface area contributed by atoms with E-state index in [1.54, 1.807) is 12.1 Å². The first kappa shape index (κ1) is 11.1. The van der Waals surface area contributed by atoms with Crippen LogP contribution in [0.4, 0.5) is 10.1 Å². The molecule has 0 amide bonds. The first-order valence-corrected chi connectivity index (χ1v) is 6.06. The molecule has 0 aliphatic heterocycles. The molecule has 0 bridgehead atoms. The molecule has 3 heteroatoms. The van der Waals surface area contributed by atoms with Crippen molar-refractivity contribution in [1.82, 2.24) is 0 Å². The van der Waals surface area contributed by atoms with Crippen LogP contribution in [0.2, 0.25) is 0 Å². The topological polar surface area (TPSA) is 32.3 Å². The van der Waals surface area contributed by atoms with E-state index in [1.165, 1.54) is 23.3 Å². The average molecular weight is 243 g/mol. The Morgan fingerprint density at radius 1 is 1.17 bits per heavy atom. The van der Waals surface area contributed by atoms with Gasteiger partial charge in [-0.1, -0.05) is 12.1 Å². The van der Waals surface area contributed by atoms with Gasteiger partial charge in [0.2, 0.25) is 0 Å². The van der Waals surface area contributed by atoms with Gasteiger partial charge in [0.15, 0.2) is 0 Å². The smallest absolute Gasteiger partial charge is 0.125 e. The highest BCUT2D eigenvalue weighted by molar-refractivity contribution is 5.49. The first-order chi connectivity index (χ1) is 8.72. The summed E-state index contributed by atoms with van der Waals surface area (Å²) in [5.74, 6) is 0.0732. The largest absolute Gasteiger partial charge is 0.508 e. The molecule has 18 heavy (non-hydrogen) atoms. The van der Waals surface area contributed by atoms with E-state index in [0.717, 1.165) is 18.5 Å². The number of phenolic OH excluding ortho intramolecular Hbond substituents is 1. The summed E-state index contributed by atoms with van der Waals surface area (Å²) in [5, 5.41) is 12.8. The molecule has 0 fully saturated rings. The van der Waals surface area contributed by atoms with Gasteiger partial charge >= 0.3 is 0 Å². The van der Waals surface area contributed by atoms with E-state index < -0.39 is 0 Å². The Labute approximate surface area is 105 Å². The van der Waals surface area contributed by atoms with Crippen LogP contribution in [-0.4, -0.2) is 5.11 Å². The van der Waals surface area contributed by atoms with Gasteiger partial charge in [-0.05, 0) is 54.3 Å². The third-order valence-electron chi connectivity index (χ3n) is 3.37. The predicted molar refractivity (Wildman–Crippen MR) is 69.2 cm³/mol. The van der Waals surface area contributed by atoms with Gasteiger partial charge in [0.05, 0.1) is 6.04 Å². The fourth-order valence-corrected chi connectivity index (χ4v) is 2.53. The van der Waals surface area contributed by atoms with Crippen molar-refractivity contribution in [2.24, 2.45) is 0 Å². The minimum atomic E-state index is -0.232. The Morgan fingerprint density at radius 2 is 2.06 bits per heavy atom. The predicted octanol–water partition coefficient (Wildman–Crippen LogP) is 3.63. The first-order valence-electron chi connectivity index (χ1n) is 6.06. The number of halogens is 1. The second kappa shape index (κ2) is 4.33. The highest BCUT2D eigenvalue weighted by atomic mass is 19.1. The van der Waals surface area contributed by atoms with Crippen LogP contribution in [0.25, 0.3) is 0 Å². The number of phenols is 1. The van der Waals surface area contributed by atoms with Crippen LogP contribution in [0.1, 0.15) is 23.6 Å². The van der Waals surface area contributed by atoms with E-state index in [2.05, 4.69) is 5.32 Å². The lowest BCUT2D eigenvalue weighted by molar-refractivity contribution is 0.474. The monoisotopic (exact) mass is 243 g/mol. The van der Waals surface area contributed by atoms with Gasteiger partial charge in [-0.15, -0.1) is 0 Å². The summed E-state index contributed by atoms with van der Waals surface area (Å²) < 4.78 is 13.1. The minimum Gasteiger partial charge on any atom is -0.508 e. The van der Waals surface area contributed by atoms with Crippen LogP contribution < -0.4 is 5.32 Å². The number of aryl methyl sites for hydroxylation is 1. The summed E-state index contributed by atoms with van der Waals surface area (Å²) in [7, 11) is 0. The maximum atomic E-state index is 13.1. The van der Waals surface area contributed by atoms with Gasteiger partial charge in [-0.3, -0.25) is 0 Å². The Kier molecular flexibility index (Phi) is 2.67. The Balaban J connectivity index is 1.85. The fraction of sp³-hybridized carbons (Fsp3) is 0.200. The maximum Gasteiger partial charge on any atom is 0.125 e. The van der Waals surface area contributed by atoms with E-state index >= 15 is 0 Å². The molecule has 1 aliphatic carbocycles. The fourth-order valence-electron chi connectivity index (χ4n) is 2.53. The van der Waals surface area contributed by atoms with Crippen molar-refractivity contribution in [2.75, 3.05) is 5.32 Å². The number of aromatic hydroxyl groups is 1. The van der Waals surface area contributed by atoms with E-state index in [0.29, 0.717) is 5.75 Å². The molecular formula is C15H14FNO. The van der Waals surface area contributed by atoms with E-state index in [1.807, 2.05) is 18.2 Å². The van der Waals surface area contributed by atoms with E-state index in [4.69, 9.17) is 0 Å². The number of fused-ring (bicyclic) bond motifs is 1. The number of hydrogen-bond donors (Lipinski definition) is 2. The number of rotatable bonds is 2. The zero-order valence-corrected chi connectivity index (χ0v) is 9.86. The SMILES string of the molecule is Oc1ccc2c(c1)CCC2Nc1cccc(F)c1. The zero-order valence-electron chi connectivity index (χ0n) is 9.86. The lowest BCUT2D eigenvalue weighted by Crippen LogP contribution is -2.06. The minimum absolute atomic E-state index is 0.197. The van der Waals surface area contributed by atoms with Crippen molar-refractivity contribution in [3.05, 3.63) is 59.4 Å². The maximum absolute atomic E-state index is 13.1. The number of benzene rings is 2. The van der Waals surface area contributed by atoms with Gasteiger partial charge in [-0.2, -0.15) is 0 Å². The van der Waals surface area contributed by atoms with Gasteiger partial charge < -0.3 is 10.4 Å². The van der Waals surface area contributed by atoms with E-state index in [9.17, 15) is 9.50 Å². The Bertz CT molecular complexity index is 582. The molecule has 2 N–H and O–H groups in total. The molecule has 0 saturated carbocycles. The summed E-state index contributed by atoms with van der Waals surface area (Å²) in [6.07, 6.45) is 1.91. The highest BCUT2D eigenvalue weighted by Crippen LogP contribution is 2.35. The van der Waals surface area contributed by atoms with Crippen molar-refractivity contribution in [2.45, 2.75) is 18.9 Å². The lowest BCUT2D eigenvalue weighted by Gasteiger charge is -2.15. The number of hydrogen-bond acceptors (Lipinski definition) is 2. The number of nitrogens with one attached hydrogen (secondary N) is 1. The van der Waals surface area contributed by atoms with Crippen LogP contribution in [0, 0.1) is 5.82 Å². The number of anilines is 1. The molecular weight excluding hydrogens is 229 g/mol. The van der Waals surface area contributed by atoms with Gasteiger partial charge in [0, 0.05) is 5.69 Å². The molecule has 92 valence electrons. The molecule has 0 aromatic heterocycles. The Morgan fingerprint density at radius 3 is 2.89 bits per heavy atom. The van der Waals surface area contributed by atoms with Crippen LogP contribution >= 0.6 is 0 Å². The molecule has 2 nitrogen and oxygen atoms in total. The molecule has 0 radical (unpaired) electrons. The van der Waals surface area contributed by atoms with Crippen molar-refractivity contribution in [3.63, 3.8) is 0 Å². The lowest BCUT2D eigenvalue weighted by atomic mass is 10.1. The normalized spacial score (nSPS) is 17.5. The third-order valence-corrected chi connectivity index (χ3v) is 3.37. The van der Waals surface area contributed by atoms with Crippen LogP contribution in [-0.2, 0) is 6.42 Å². The van der Waals surface area contributed by atoms with Gasteiger partial charge in [-0.25, -0.2) is 4.39 Å². The van der Waals surface area contributed by atoms with Crippen molar-refractivity contribution < 1.29 is 9.50 Å². The molecule has 0 spiro atoms. The Hall–Kier alpha value is -2.03. The summed E-state index contributed by atoms with van der Waals surface area (Å²) in [6, 6.07) is 12.1. The average Bonchev–Trinajstić information content (AvgIpc) is 2.72. The summed E-state index contributed by atoms with van der Waals surface area (Å²) >= 11 is 0. The van der Waals surface area contributed by atoms with Gasteiger partial charge in [0.25, 0.3) is 0 Å². The van der Waals surface area contributed by atoms with E-state index in [-0.39, 0.29) is 11.9 Å². The van der Waals surface area contributed by atoms with Crippen LogP contribution in [0.3, 0.4) is 0 Å². The van der Waals surface area contributed by atoms with Crippen LogP contribution in [0.15, 0.2) is 42.5 Å². The molecule has 1 unspecified atom stereocenters. The van der Waals surface area contributed by atoms with Crippen molar-refractivity contribution in [1.29, 1.82) is 0 Å². The molecule has 1 aliphatic rings. The molecule has 2 aromatic carbocycles. The third kappa shape index (κ3) is 2.04. The van der Waals surface area contributed by atoms with Crippen LogP contribution in [0.5, 0.6) is 5.75 Å². The van der Waals surface area contributed by atoms with Crippen molar-refractivity contribution in [3.8, 4) is 5.75 Å². The standard InChI is InChI=1S/C15H14FNO/c16-11-2-1-3-12(9-11)17-15-7-4-10-8-13(18)5-6-14(10)15/h1-3,5-6,8-9,15,17-18H,4,7H2. The summed E-state index contributed by atoms with van der Waals surface area (Å²) in [6.45, 7) is 0. The molecule has 2 aromatic rings. The quantitative estimate of drug-likeness (QED) is 0.844.